The summed E-state index contributed by atoms with van der Waals surface area (Å²) in [5, 5.41) is 0. The van der Waals surface area contributed by atoms with Gasteiger partial charge in [-0.2, -0.15) is 0 Å². The zero-order chi connectivity index (χ0) is 12.4. The molecule has 2 rings (SSSR count). The van der Waals surface area contributed by atoms with E-state index in [1.165, 1.54) is 0 Å². The van der Waals surface area contributed by atoms with E-state index in [2.05, 4.69) is 35.9 Å². The molecule has 0 spiro atoms. The van der Waals surface area contributed by atoms with Crippen molar-refractivity contribution >= 4 is 0 Å². The number of imidazole rings is 1. The first-order valence-corrected chi connectivity index (χ1v) is 6.00. The summed E-state index contributed by atoms with van der Waals surface area (Å²) in [6, 6.07) is 10.2. The second-order valence-electron chi connectivity index (χ2n) is 4.69. The third kappa shape index (κ3) is 2.39. The molecule has 0 aliphatic heterocycles. The van der Waals surface area contributed by atoms with Gasteiger partial charge in [-0.1, -0.05) is 44.2 Å². The van der Waals surface area contributed by atoms with E-state index in [1.54, 1.807) is 0 Å². The number of hydrogen-bond acceptors (Lipinski definition) is 2. The molecule has 0 aliphatic rings. The van der Waals surface area contributed by atoms with E-state index in [0.29, 0.717) is 5.92 Å². The first-order chi connectivity index (χ1) is 8.09. The molecule has 3 N–H and O–H groups in total. The number of aromatic amines is 1. The molecule has 0 aliphatic carbocycles. The van der Waals surface area contributed by atoms with Crippen LogP contribution in [0.5, 0.6) is 0 Å². The summed E-state index contributed by atoms with van der Waals surface area (Å²) in [7, 11) is 0. The van der Waals surface area contributed by atoms with Crippen LogP contribution in [0.25, 0.3) is 11.3 Å². The highest BCUT2D eigenvalue weighted by Gasteiger charge is 2.16. The first kappa shape index (κ1) is 11.9. The second-order valence-corrected chi connectivity index (χ2v) is 4.69. The zero-order valence-electron chi connectivity index (χ0n) is 10.6. The van der Waals surface area contributed by atoms with E-state index < -0.39 is 0 Å². The third-order valence-corrected chi connectivity index (χ3v) is 2.81. The number of nitrogens with two attached hydrogens (primary N) is 1. The van der Waals surface area contributed by atoms with E-state index >= 15 is 0 Å². The van der Waals surface area contributed by atoms with Gasteiger partial charge >= 0.3 is 0 Å². The maximum atomic E-state index is 5.88. The number of nitrogens with one attached hydrogen (secondary N) is 1. The van der Waals surface area contributed by atoms with Gasteiger partial charge in [-0.25, -0.2) is 4.98 Å². The summed E-state index contributed by atoms with van der Waals surface area (Å²) in [6.07, 6.45) is 0. The second kappa shape index (κ2) is 4.72. The molecule has 17 heavy (non-hydrogen) atoms. The SMILES string of the molecule is CC(C)c1[nH]c(C(C)N)nc1-c1ccccc1. The number of H-pyrrole nitrogens is 1. The number of rotatable bonds is 3. The van der Waals surface area contributed by atoms with Crippen LogP contribution in [0.4, 0.5) is 0 Å². The van der Waals surface area contributed by atoms with Gasteiger partial charge in [0.25, 0.3) is 0 Å². The molecule has 0 amide bonds. The third-order valence-electron chi connectivity index (χ3n) is 2.81. The first-order valence-electron chi connectivity index (χ1n) is 6.00. The lowest BCUT2D eigenvalue weighted by atomic mass is 10.0. The molecule has 1 heterocycles. The van der Waals surface area contributed by atoms with E-state index in [-0.39, 0.29) is 6.04 Å². The molecule has 3 nitrogen and oxygen atoms in total. The Bertz CT molecular complexity index is 483. The summed E-state index contributed by atoms with van der Waals surface area (Å²) in [5.74, 6) is 1.26. The van der Waals surface area contributed by atoms with Gasteiger partial charge in [-0.15, -0.1) is 0 Å². The van der Waals surface area contributed by atoms with Crippen molar-refractivity contribution in [1.82, 2.24) is 9.97 Å². The quantitative estimate of drug-likeness (QED) is 0.849. The Morgan fingerprint density at radius 1 is 1.12 bits per heavy atom. The molecule has 2 aromatic rings. The maximum Gasteiger partial charge on any atom is 0.123 e. The number of hydrogen-bond donors (Lipinski definition) is 2. The molecule has 0 saturated carbocycles. The normalized spacial score (nSPS) is 13.0. The topological polar surface area (TPSA) is 54.7 Å². The van der Waals surface area contributed by atoms with Crippen molar-refractivity contribution < 1.29 is 0 Å². The van der Waals surface area contributed by atoms with Gasteiger partial charge in [0, 0.05) is 11.3 Å². The Labute approximate surface area is 102 Å². The molecule has 1 aromatic heterocycles. The molecule has 1 atom stereocenters. The van der Waals surface area contributed by atoms with Crippen LogP contribution in [-0.4, -0.2) is 9.97 Å². The summed E-state index contributed by atoms with van der Waals surface area (Å²) in [5.41, 5.74) is 9.20. The van der Waals surface area contributed by atoms with Crippen molar-refractivity contribution in [3.05, 3.63) is 41.9 Å². The predicted octanol–water partition coefficient (Wildman–Crippen LogP) is 3.22. The zero-order valence-corrected chi connectivity index (χ0v) is 10.6. The monoisotopic (exact) mass is 229 g/mol. The Morgan fingerprint density at radius 2 is 1.76 bits per heavy atom. The lowest BCUT2D eigenvalue weighted by Crippen LogP contribution is -2.06. The predicted molar refractivity (Wildman–Crippen MR) is 70.7 cm³/mol. The van der Waals surface area contributed by atoms with Gasteiger partial charge in [0.05, 0.1) is 11.7 Å². The van der Waals surface area contributed by atoms with Crippen molar-refractivity contribution in [2.75, 3.05) is 0 Å². The summed E-state index contributed by atoms with van der Waals surface area (Å²) in [4.78, 5) is 7.96. The van der Waals surface area contributed by atoms with Crippen LogP contribution >= 0.6 is 0 Å². The molecule has 1 aromatic carbocycles. The summed E-state index contributed by atoms with van der Waals surface area (Å²) in [6.45, 7) is 6.26. The molecule has 1 unspecified atom stereocenters. The molecule has 90 valence electrons. The van der Waals surface area contributed by atoms with Crippen LogP contribution in [0, 0.1) is 0 Å². The highest BCUT2D eigenvalue weighted by molar-refractivity contribution is 5.62. The Balaban J connectivity index is 2.52. The van der Waals surface area contributed by atoms with Crippen LogP contribution in [-0.2, 0) is 0 Å². The van der Waals surface area contributed by atoms with Crippen molar-refractivity contribution in [2.24, 2.45) is 5.73 Å². The van der Waals surface area contributed by atoms with Crippen molar-refractivity contribution in [1.29, 1.82) is 0 Å². The minimum atomic E-state index is -0.0648. The molecular formula is C14H19N3. The van der Waals surface area contributed by atoms with E-state index in [4.69, 9.17) is 5.73 Å². The average molecular weight is 229 g/mol. The molecule has 0 bridgehead atoms. The molecule has 0 saturated heterocycles. The Morgan fingerprint density at radius 3 is 2.29 bits per heavy atom. The van der Waals surface area contributed by atoms with E-state index in [0.717, 1.165) is 22.8 Å². The minimum Gasteiger partial charge on any atom is -0.344 e. The van der Waals surface area contributed by atoms with Crippen LogP contribution in [0.2, 0.25) is 0 Å². The highest BCUT2D eigenvalue weighted by Crippen LogP contribution is 2.28. The molecule has 0 fully saturated rings. The molecular weight excluding hydrogens is 210 g/mol. The number of nitrogens with zero attached hydrogens (tertiary/aromatic N) is 1. The highest BCUT2D eigenvalue weighted by atomic mass is 15.0. The lowest BCUT2D eigenvalue weighted by molar-refractivity contribution is 0.742. The van der Waals surface area contributed by atoms with Crippen molar-refractivity contribution in [3.63, 3.8) is 0 Å². The van der Waals surface area contributed by atoms with Crippen LogP contribution in [0.1, 0.15) is 44.2 Å². The summed E-state index contributed by atoms with van der Waals surface area (Å²) < 4.78 is 0. The average Bonchev–Trinajstić information content (AvgIpc) is 2.75. The largest absolute Gasteiger partial charge is 0.344 e. The van der Waals surface area contributed by atoms with Crippen LogP contribution in [0.15, 0.2) is 30.3 Å². The number of aromatic nitrogens is 2. The fraction of sp³-hybridized carbons (Fsp3) is 0.357. The molecule has 0 radical (unpaired) electrons. The van der Waals surface area contributed by atoms with Crippen LogP contribution < -0.4 is 5.73 Å². The smallest absolute Gasteiger partial charge is 0.123 e. The van der Waals surface area contributed by atoms with Gasteiger partial charge < -0.3 is 10.7 Å². The van der Waals surface area contributed by atoms with Gasteiger partial charge in [-0.3, -0.25) is 0 Å². The van der Waals surface area contributed by atoms with E-state index in [9.17, 15) is 0 Å². The van der Waals surface area contributed by atoms with Crippen molar-refractivity contribution in [3.8, 4) is 11.3 Å². The van der Waals surface area contributed by atoms with E-state index in [1.807, 2.05) is 25.1 Å². The van der Waals surface area contributed by atoms with Gasteiger partial charge in [0.1, 0.15) is 5.82 Å². The van der Waals surface area contributed by atoms with Gasteiger partial charge in [-0.05, 0) is 12.8 Å². The lowest BCUT2D eigenvalue weighted by Gasteiger charge is -2.05. The summed E-state index contributed by atoms with van der Waals surface area (Å²) >= 11 is 0. The standard InChI is InChI=1S/C14H19N3/c1-9(2)12-13(11-7-5-4-6-8-11)17-14(16-12)10(3)15/h4-10H,15H2,1-3H3,(H,16,17). The Kier molecular flexibility index (Phi) is 3.29. The Hall–Kier alpha value is -1.61. The fourth-order valence-electron chi connectivity index (χ4n) is 1.86. The number of benzene rings is 1. The van der Waals surface area contributed by atoms with Gasteiger partial charge in [0.15, 0.2) is 0 Å². The van der Waals surface area contributed by atoms with Crippen molar-refractivity contribution in [2.45, 2.75) is 32.7 Å². The minimum absolute atomic E-state index is 0.0648. The van der Waals surface area contributed by atoms with Crippen LogP contribution in [0.3, 0.4) is 0 Å². The fourth-order valence-corrected chi connectivity index (χ4v) is 1.86. The van der Waals surface area contributed by atoms with Gasteiger partial charge in [0.2, 0.25) is 0 Å². The molecule has 3 heteroatoms. The maximum absolute atomic E-state index is 5.88.